The first kappa shape index (κ1) is 74.1. The van der Waals surface area contributed by atoms with Gasteiger partial charge in [0.25, 0.3) is 0 Å². The van der Waals surface area contributed by atoms with Gasteiger partial charge in [-0.05, 0) is 90.0 Å². The molecule has 0 saturated carbocycles. The molecule has 30 heteroatoms. The van der Waals surface area contributed by atoms with E-state index in [1.807, 2.05) is 0 Å². The van der Waals surface area contributed by atoms with E-state index in [0.717, 1.165) is 6.92 Å². The number of carbonyl (C=O) groups excluding carboxylic acids is 10. The summed E-state index contributed by atoms with van der Waals surface area (Å²) in [6.07, 6.45) is -4.06. The largest absolute Gasteiger partial charge is 0.391 e. The van der Waals surface area contributed by atoms with Gasteiger partial charge in [0.1, 0.15) is 54.4 Å². The highest BCUT2D eigenvalue weighted by Crippen LogP contribution is 2.11. The summed E-state index contributed by atoms with van der Waals surface area (Å²) in [5, 5.41) is 46.0. The van der Waals surface area contributed by atoms with E-state index in [2.05, 4.69) is 53.2 Å². The molecule has 1 saturated heterocycles. The summed E-state index contributed by atoms with van der Waals surface area (Å²) in [4.78, 5) is 137. The van der Waals surface area contributed by atoms with Gasteiger partial charge < -0.3 is 86.3 Å². The Morgan fingerprint density at radius 3 is 1.51 bits per heavy atom. The summed E-state index contributed by atoms with van der Waals surface area (Å²) in [6, 6.07) is -4.46. The van der Waals surface area contributed by atoms with Crippen LogP contribution in [-0.2, 0) is 54.4 Å². The van der Waals surface area contributed by atoms with Gasteiger partial charge >= 0.3 is 0 Å². The van der Waals surface area contributed by atoms with Crippen molar-refractivity contribution in [1.29, 1.82) is 0 Å². The average Bonchev–Trinajstić information content (AvgIpc) is 3.30. The molecule has 1 aliphatic rings. The van der Waals surface area contributed by atoms with E-state index < -0.39 is 139 Å². The monoisotopic (exact) mass is 1150 g/mol. The molecule has 430 valence electrons. The molecule has 1 heterocycles. The van der Waals surface area contributed by atoms with Crippen molar-refractivity contribution in [1.82, 2.24) is 53.2 Å². The van der Waals surface area contributed by atoms with Crippen LogP contribution in [0.2, 0.25) is 0 Å². The minimum atomic E-state index is -1.65. The maximum Gasteiger partial charge on any atom is 0.245 e. The SMILES string of the molecule is CC(=O)N[C@H](C(=O)N[C@@H](CCN)C(=O)N[C@H]1CCNC(=O)[C@H]([C@@H](C)O)NC(=O)[C@H](CCN)NC(=O)[C@H](CCN)NC(=O)[C@H](CC(C)C)NC(=O)[C@@H](Cc2ccccc2)NC(=O)[C@H](CCN)NC1=O)[C@@H](C)O.Cl.Cl.Cl.Cl. The van der Waals surface area contributed by atoms with Gasteiger partial charge in [0, 0.05) is 19.9 Å². The van der Waals surface area contributed by atoms with Crippen LogP contribution in [0.3, 0.4) is 0 Å². The van der Waals surface area contributed by atoms with Crippen LogP contribution in [0.15, 0.2) is 30.3 Å². The third kappa shape index (κ3) is 26.0. The Morgan fingerprint density at radius 2 is 1.05 bits per heavy atom. The number of aliphatic hydroxyl groups is 2. The molecule has 1 aromatic rings. The Labute approximate surface area is 461 Å². The number of nitrogens with one attached hydrogen (secondary N) is 10. The number of halogens is 4. The second-order valence-corrected chi connectivity index (χ2v) is 17.8. The zero-order chi connectivity index (χ0) is 53.4. The zero-order valence-corrected chi connectivity index (χ0v) is 46.0. The first-order chi connectivity index (χ1) is 33.6. The van der Waals surface area contributed by atoms with Gasteiger partial charge in [-0.2, -0.15) is 0 Å². The topological polar surface area (TPSA) is 436 Å². The molecule has 0 spiro atoms. The quantitative estimate of drug-likeness (QED) is 0.0617. The fourth-order valence-electron chi connectivity index (χ4n) is 7.40. The van der Waals surface area contributed by atoms with Crippen molar-refractivity contribution >= 4 is 109 Å². The molecule has 0 bridgehead atoms. The average molecular weight is 1150 g/mol. The molecule has 1 fully saturated rings. The molecule has 0 aliphatic carbocycles. The molecule has 10 amide bonds. The van der Waals surface area contributed by atoms with Gasteiger partial charge in [0.05, 0.1) is 12.2 Å². The number of carbonyl (C=O) groups is 10. The lowest BCUT2D eigenvalue weighted by atomic mass is 10.00. The van der Waals surface area contributed by atoms with Gasteiger partial charge in [-0.3, -0.25) is 47.9 Å². The lowest BCUT2D eigenvalue weighted by Gasteiger charge is -2.28. The molecule has 1 aliphatic heterocycles. The van der Waals surface area contributed by atoms with E-state index in [9.17, 15) is 58.2 Å². The lowest BCUT2D eigenvalue weighted by molar-refractivity contribution is -0.136. The van der Waals surface area contributed by atoms with Crippen LogP contribution in [-0.4, -0.2) is 169 Å². The fourth-order valence-corrected chi connectivity index (χ4v) is 7.40. The predicted octanol–water partition coefficient (Wildman–Crippen LogP) is -4.98. The Kier molecular flexibility index (Phi) is 37.9. The van der Waals surface area contributed by atoms with Crippen molar-refractivity contribution in [2.75, 3.05) is 32.7 Å². The second kappa shape index (κ2) is 38.4. The number of amides is 10. The molecule has 75 heavy (non-hydrogen) atoms. The summed E-state index contributed by atoms with van der Waals surface area (Å²) in [5.41, 5.74) is 23.9. The van der Waals surface area contributed by atoms with E-state index in [4.69, 9.17) is 22.9 Å². The number of benzene rings is 1. The van der Waals surface area contributed by atoms with Crippen molar-refractivity contribution in [2.45, 2.75) is 146 Å². The normalized spacial score (nSPS) is 22.9. The molecule has 0 aromatic heterocycles. The molecule has 1 aromatic carbocycles. The maximum atomic E-state index is 14.3. The number of nitrogens with two attached hydrogens (primary N) is 4. The summed E-state index contributed by atoms with van der Waals surface area (Å²) in [6.45, 7) is 6.15. The second-order valence-electron chi connectivity index (χ2n) is 17.8. The molecule has 0 radical (unpaired) electrons. The third-order valence-corrected chi connectivity index (χ3v) is 11.2. The van der Waals surface area contributed by atoms with Crippen LogP contribution in [0.4, 0.5) is 0 Å². The van der Waals surface area contributed by atoms with Gasteiger partial charge in [-0.1, -0.05) is 44.2 Å². The van der Waals surface area contributed by atoms with Crippen molar-refractivity contribution in [2.24, 2.45) is 28.9 Å². The Bertz CT molecular complexity index is 1980. The van der Waals surface area contributed by atoms with Gasteiger partial charge in [0.2, 0.25) is 59.1 Å². The highest BCUT2D eigenvalue weighted by molar-refractivity contribution is 5.99. The fraction of sp³-hybridized carbons (Fsp3) is 0.644. The molecule has 20 N–H and O–H groups in total. The van der Waals surface area contributed by atoms with Gasteiger partial charge in [0.15, 0.2) is 0 Å². The highest BCUT2D eigenvalue weighted by Gasteiger charge is 2.36. The van der Waals surface area contributed by atoms with Crippen molar-refractivity contribution in [3.05, 3.63) is 35.9 Å². The standard InChI is InChI=1S/C45H76N14O12.4ClH/c1-23(2)21-33-42(68)54-28(11-16-46)37(63)53-31(14-19-49)41(67)59-35(24(3)60)44(70)50-20-15-32(55-38(64)30(13-18-48)56-45(71)36(25(4)61)51-26(5)62)40(66)52-29(12-17-47)39(65)58-34(43(69)57-33)22-27-9-7-6-8-10-27;;;;/h6-10,23-25,28-36,60-61H,11-22,46-49H2,1-5H3,(H,50,70)(H,51,62)(H,52,66)(H,53,63)(H,54,68)(H,55,64)(H,56,71)(H,57,69)(H,58,65)(H,59,67);4*1H/t24-,25-,28+,29+,30+,31+,32+,33+,34-,35+,36+;;;;/m1..../s1. The van der Waals surface area contributed by atoms with E-state index >= 15 is 0 Å². The minimum absolute atomic E-state index is 0. The predicted molar refractivity (Wildman–Crippen MR) is 287 cm³/mol. The minimum Gasteiger partial charge on any atom is -0.391 e. The summed E-state index contributed by atoms with van der Waals surface area (Å²) < 4.78 is 0. The number of rotatable bonds is 19. The van der Waals surface area contributed by atoms with Crippen LogP contribution in [0.25, 0.3) is 0 Å². The summed E-state index contributed by atoms with van der Waals surface area (Å²) in [7, 11) is 0. The Hall–Kier alpha value is -5.16. The van der Waals surface area contributed by atoms with E-state index in [1.54, 1.807) is 44.2 Å². The van der Waals surface area contributed by atoms with Gasteiger partial charge in [-0.15, -0.1) is 49.6 Å². The van der Waals surface area contributed by atoms with E-state index in [-0.39, 0.29) is 120 Å². The first-order valence-electron chi connectivity index (χ1n) is 23.7. The van der Waals surface area contributed by atoms with Crippen molar-refractivity contribution in [3.63, 3.8) is 0 Å². The van der Waals surface area contributed by atoms with E-state index in [1.165, 1.54) is 13.8 Å². The maximum absolute atomic E-state index is 14.3. The number of hydrogen-bond acceptors (Lipinski definition) is 16. The molecule has 0 unspecified atom stereocenters. The molecule has 2 rings (SSSR count). The molecule has 11 atom stereocenters. The number of aliphatic hydroxyl groups excluding tert-OH is 2. The molecular formula is C45H80Cl4N14O12. The van der Waals surface area contributed by atoms with Crippen molar-refractivity contribution < 1.29 is 58.2 Å². The van der Waals surface area contributed by atoms with Crippen LogP contribution in [0, 0.1) is 5.92 Å². The Balaban J connectivity index is -0.0000130. The zero-order valence-electron chi connectivity index (χ0n) is 42.7. The lowest BCUT2D eigenvalue weighted by Crippen LogP contribution is -2.61. The van der Waals surface area contributed by atoms with Crippen LogP contribution < -0.4 is 76.1 Å². The van der Waals surface area contributed by atoms with Crippen LogP contribution >= 0.6 is 49.6 Å². The molecule has 26 nitrogen and oxygen atoms in total. The number of hydrogen-bond donors (Lipinski definition) is 16. The third-order valence-electron chi connectivity index (χ3n) is 11.2. The van der Waals surface area contributed by atoms with Crippen molar-refractivity contribution in [3.8, 4) is 0 Å². The van der Waals surface area contributed by atoms with Gasteiger partial charge in [-0.25, -0.2) is 0 Å². The van der Waals surface area contributed by atoms with E-state index in [0.29, 0.717) is 5.56 Å². The summed E-state index contributed by atoms with van der Waals surface area (Å²) in [5.74, 6) is -9.02. The highest BCUT2D eigenvalue weighted by atomic mass is 35.5. The Morgan fingerprint density at radius 1 is 0.600 bits per heavy atom. The van der Waals surface area contributed by atoms with Crippen LogP contribution in [0.1, 0.15) is 78.7 Å². The first-order valence-corrected chi connectivity index (χ1v) is 23.7. The van der Waals surface area contributed by atoms with Crippen LogP contribution in [0.5, 0.6) is 0 Å². The summed E-state index contributed by atoms with van der Waals surface area (Å²) >= 11 is 0. The smallest absolute Gasteiger partial charge is 0.245 e. The molecular weight excluding hydrogens is 1070 g/mol.